The van der Waals surface area contributed by atoms with Gasteiger partial charge in [-0.15, -0.1) is 0 Å². The fraction of sp³-hybridized carbons (Fsp3) is 0.889. The van der Waals surface area contributed by atoms with E-state index >= 15 is 0 Å². The smallest absolute Gasteiger partial charge is 0.0513 e. The molecular formula is C9H16N2. The quantitative estimate of drug-likeness (QED) is 0.511. The van der Waals surface area contributed by atoms with Crippen LogP contribution in [-0.4, -0.2) is 36.8 Å². The molecule has 1 atom stereocenters. The van der Waals surface area contributed by atoms with E-state index < -0.39 is 0 Å². The number of fused-ring (bicyclic) bond motifs is 1. The summed E-state index contributed by atoms with van der Waals surface area (Å²) in [7, 11) is 0. The van der Waals surface area contributed by atoms with E-state index in [1.54, 1.807) is 0 Å². The Morgan fingerprint density at radius 1 is 1.27 bits per heavy atom. The Morgan fingerprint density at radius 2 is 2.27 bits per heavy atom. The second-order valence-corrected chi connectivity index (χ2v) is 3.51. The molecule has 2 heteroatoms. The van der Waals surface area contributed by atoms with Crippen molar-refractivity contribution >= 4 is 6.21 Å². The van der Waals surface area contributed by atoms with Gasteiger partial charge in [0.1, 0.15) is 0 Å². The van der Waals surface area contributed by atoms with Crippen LogP contribution in [0.25, 0.3) is 0 Å². The number of aliphatic imine (C=N–C) groups is 1. The topological polar surface area (TPSA) is 15.6 Å². The Morgan fingerprint density at radius 3 is 3.27 bits per heavy atom. The molecule has 0 aromatic rings. The van der Waals surface area contributed by atoms with E-state index in [1.807, 2.05) is 0 Å². The second kappa shape index (κ2) is 3.35. The van der Waals surface area contributed by atoms with Gasteiger partial charge >= 0.3 is 0 Å². The summed E-state index contributed by atoms with van der Waals surface area (Å²) in [6, 6.07) is 0.829. The molecule has 0 bridgehead atoms. The predicted molar refractivity (Wildman–Crippen MR) is 47.2 cm³/mol. The molecule has 1 saturated heterocycles. The van der Waals surface area contributed by atoms with Gasteiger partial charge in [0, 0.05) is 18.8 Å². The summed E-state index contributed by atoms with van der Waals surface area (Å²) in [4.78, 5) is 6.94. The van der Waals surface area contributed by atoms with E-state index in [2.05, 4.69) is 16.1 Å². The predicted octanol–water partition coefficient (Wildman–Crippen LogP) is 1.32. The summed E-state index contributed by atoms with van der Waals surface area (Å²) in [5.41, 5.74) is 0. The van der Waals surface area contributed by atoms with Crippen molar-refractivity contribution in [2.24, 2.45) is 4.99 Å². The molecule has 0 amide bonds. The lowest BCUT2D eigenvalue weighted by atomic mass is 10.0. The molecule has 1 fully saturated rings. The van der Waals surface area contributed by atoms with Gasteiger partial charge in [-0.2, -0.15) is 0 Å². The molecule has 0 saturated carbocycles. The van der Waals surface area contributed by atoms with E-state index in [-0.39, 0.29) is 0 Å². The first kappa shape index (κ1) is 7.29. The van der Waals surface area contributed by atoms with Gasteiger partial charge in [-0.25, -0.2) is 0 Å². The average molecular weight is 152 g/mol. The Hall–Kier alpha value is -0.370. The summed E-state index contributed by atoms with van der Waals surface area (Å²) in [6.45, 7) is 3.53. The van der Waals surface area contributed by atoms with Gasteiger partial charge in [-0.05, 0) is 25.8 Å². The lowest BCUT2D eigenvalue weighted by molar-refractivity contribution is 0.161. The SMILES string of the molecule is C1=NCCN2CCCCC2C1. The minimum Gasteiger partial charge on any atom is -0.298 e. The van der Waals surface area contributed by atoms with Crippen LogP contribution in [-0.2, 0) is 0 Å². The molecule has 0 radical (unpaired) electrons. The lowest BCUT2D eigenvalue weighted by Crippen LogP contribution is -2.39. The molecule has 2 aliphatic heterocycles. The van der Waals surface area contributed by atoms with E-state index in [4.69, 9.17) is 0 Å². The van der Waals surface area contributed by atoms with Crippen LogP contribution < -0.4 is 0 Å². The van der Waals surface area contributed by atoms with Crippen molar-refractivity contribution < 1.29 is 0 Å². The zero-order valence-corrected chi connectivity index (χ0v) is 7.00. The van der Waals surface area contributed by atoms with E-state index in [0.29, 0.717) is 0 Å². The number of hydrogen-bond donors (Lipinski definition) is 0. The number of piperidine rings is 1. The normalized spacial score (nSPS) is 32.9. The van der Waals surface area contributed by atoms with Gasteiger partial charge in [0.25, 0.3) is 0 Å². The van der Waals surface area contributed by atoms with Crippen molar-refractivity contribution in [3.63, 3.8) is 0 Å². The zero-order chi connectivity index (χ0) is 7.52. The molecule has 2 heterocycles. The van der Waals surface area contributed by atoms with Crippen molar-refractivity contribution in [1.29, 1.82) is 0 Å². The first-order valence-corrected chi connectivity index (χ1v) is 4.69. The van der Waals surface area contributed by atoms with Crippen LogP contribution in [0.3, 0.4) is 0 Å². The lowest BCUT2D eigenvalue weighted by Gasteiger charge is -2.33. The maximum Gasteiger partial charge on any atom is 0.0513 e. The number of hydrogen-bond acceptors (Lipinski definition) is 2. The molecule has 2 aliphatic rings. The van der Waals surface area contributed by atoms with Gasteiger partial charge in [0.2, 0.25) is 0 Å². The molecule has 0 aromatic heterocycles. The number of rotatable bonds is 0. The third-order valence-corrected chi connectivity index (χ3v) is 2.77. The standard InChI is InChI=1S/C9H16N2/c1-2-7-11-8-6-10-5-4-9(11)3-1/h5,9H,1-4,6-8H2. The van der Waals surface area contributed by atoms with Gasteiger partial charge in [-0.3, -0.25) is 9.89 Å². The zero-order valence-electron chi connectivity index (χ0n) is 7.00. The summed E-state index contributed by atoms with van der Waals surface area (Å²) < 4.78 is 0. The van der Waals surface area contributed by atoms with Crippen LogP contribution in [0.5, 0.6) is 0 Å². The molecule has 1 unspecified atom stereocenters. The molecule has 0 aromatic carbocycles. The third-order valence-electron chi connectivity index (χ3n) is 2.77. The van der Waals surface area contributed by atoms with Crippen LogP contribution in [0.15, 0.2) is 4.99 Å². The molecule has 2 nitrogen and oxygen atoms in total. The van der Waals surface area contributed by atoms with E-state index in [1.165, 1.54) is 38.8 Å². The van der Waals surface area contributed by atoms with Crippen LogP contribution in [0.2, 0.25) is 0 Å². The van der Waals surface area contributed by atoms with Crippen LogP contribution in [0, 0.1) is 0 Å². The number of nitrogens with zero attached hydrogens (tertiary/aromatic N) is 2. The van der Waals surface area contributed by atoms with Gasteiger partial charge in [-0.1, -0.05) is 6.42 Å². The molecule has 2 rings (SSSR count). The van der Waals surface area contributed by atoms with Crippen molar-refractivity contribution in [2.45, 2.75) is 31.7 Å². The van der Waals surface area contributed by atoms with Gasteiger partial charge in [0.15, 0.2) is 0 Å². The molecule has 0 N–H and O–H groups in total. The largest absolute Gasteiger partial charge is 0.298 e. The molecule has 0 aliphatic carbocycles. The maximum absolute atomic E-state index is 4.33. The first-order valence-electron chi connectivity index (χ1n) is 4.69. The van der Waals surface area contributed by atoms with E-state index in [9.17, 15) is 0 Å². The summed E-state index contributed by atoms with van der Waals surface area (Å²) in [5.74, 6) is 0. The highest BCUT2D eigenvalue weighted by molar-refractivity contribution is 5.58. The van der Waals surface area contributed by atoms with Crippen LogP contribution in [0.4, 0.5) is 0 Å². The fourth-order valence-electron chi connectivity index (χ4n) is 2.09. The monoisotopic (exact) mass is 152 g/mol. The average Bonchev–Trinajstić information content (AvgIpc) is 2.28. The fourth-order valence-corrected chi connectivity index (χ4v) is 2.09. The minimum atomic E-state index is 0.829. The summed E-state index contributed by atoms with van der Waals surface area (Å²) in [6.07, 6.45) is 7.54. The van der Waals surface area contributed by atoms with Crippen molar-refractivity contribution in [1.82, 2.24) is 4.90 Å². The minimum absolute atomic E-state index is 0.829. The Balaban J connectivity index is 1.98. The van der Waals surface area contributed by atoms with Crippen molar-refractivity contribution in [3.05, 3.63) is 0 Å². The summed E-state index contributed by atoms with van der Waals surface area (Å²) in [5, 5.41) is 0. The Bertz CT molecular complexity index is 154. The molecule has 0 spiro atoms. The van der Waals surface area contributed by atoms with E-state index in [0.717, 1.165) is 12.6 Å². The van der Waals surface area contributed by atoms with Crippen molar-refractivity contribution in [3.8, 4) is 0 Å². The first-order chi connectivity index (χ1) is 5.47. The van der Waals surface area contributed by atoms with Gasteiger partial charge < -0.3 is 0 Å². The Labute approximate surface area is 68.3 Å². The van der Waals surface area contributed by atoms with Gasteiger partial charge in [0.05, 0.1) is 6.54 Å². The Kier molecular flexibility index (Phi) is 2.22. The van der Waals surface area contributed by atoms with Crippen LogP contribution >= 0.6 is 0 Å². The summed E-state index contributed by atoms with van der Waals surface area (Å²) >= 11 is 0. The second-order valence-electron chi connectivity index (χ2n) is 3.51. The molecule has 62 valence electrons. The molecular weight excluding hydrogens is 136 g/mol. The maximum atomic E-state index is 4.33. The highest BCUT2D eigenvalue weighted by Crippen LogP contribution is 2.19. The highest BCUT2D eigenvalue weighted by atomic mass is 15.2. The van der Waals surface area contributed by atoms with Crippen molar-refractivity contribution in [2.75, 3.05) is 19.6 Å². The highest BCUT2D eigenvalue weighted by Gasteiger charge is 2.21. The molecule has 11 heavy (non-hydrogen) atoms. The third kappa shape index (κ3) is 1.62. The van der Waals surface area contributed by atoms with Crippen LogP contribution in [0.1, 0.15) is 25.7 Å².